The van der Waals surface area contributed by atoms with Crippen molar-refractivity contribution in [1.29, 1.82) is 0 Å². The van der Waals surface area contributed by atoms with Crippen LogP contribution in [-0.2, 0) is 5.41 Å². The molecule has 0 radical (unpaired) electrons. The highest BCUT2D eigenvalue weighted by atomic mass is 35.5. The number of carbonyl (C=O) groups excluding carboxylic acids is 1. The van der Waals surface area contributed by atoms with E-state index in [-0.39, 0.29) is 11.3 Å². The number of amides is 1. The first-order valence-corrected chi connectivity index (χ1v) is 8.18. The molecule has 23 heavy (non-hydrogen) atoms. The summed E-state index contributed by atoms with van der Waals surface area (Å²) in [4.78, 5) is 12.4. The number of halogens is 2. The molecule has 1 aliphatic rings. The second-order valence-corrected chi connectivity index (χ2v) is 6.63. The molecular formula is C18H17Cl2NO2. The molecule has 1 fully saturated rings. The molecule has 1 N–H and O–H groups in total. The fourth-order valence-corrected chi connectivity index (χ4v) is 3.17. The van der Waals surface area contributed by atoms with E-state index in [1.165, 1.54) is 0 Å². The Balaban J connectivity index is 1.75. The summed E-state index contributed by atoms with van der Waals surface area (Å²) >= 11 is 12.0. The van der Waals surface area contributed by atoms with Crippen LogP contribution in [0.25, 0.3) is 0 Å². The van der Waals surface area contributed by atoms with Crippen LogP contribution in [0, 0.1) is 0 Å². The fourth-order valence-electron chi connectivity index (χ4n) is 2.79. The number of para-hydroxylation sites is 1. The van der Waals surface area contributed by atoms with Crippen molar-refractivity contribution in [3.63, 3.8) is 0 Å². The lowest BCUT2D eigenvalue weighted by molar-refractivity contribution is 0.0949. The topological polar surface area (TPSA) is 38.3 Å². The third kappa shape index (κ3) is 3.31. The highest BCUT2D eigenvalue weighted by molar-refractivity contribution is 6.35. The third-order valence-electron chi connectivity index (χ3n) is 4.29. The van der Waals surface area contributed by atoms with Gasteiger partial charge in [-0.05, 0) is 37.1 Å². The Morgan fingerprint density at radius 2 is 1.96 bits per heavy atom. The Morgan fingerprint density at radius 1 is 1.22 bits per heavy atom. The first-order valence-electron chi connectivity index (χ1n) is 7.42. The minimum atomic E-state index is -0.210. The number of hydrogen-bond donors (Lipinski definition) is 1. The number of benzene rings is 2. The van der Waals surface area contributed by atoms with Gasteiger partial charge in [0, 0.05) is 22.5 Å². The number of nitrogens with one attached hydrogen (secondary N) is 1. The zero-order chi connectivity index (χ0) is 16.4. The van der Waals surface area contributed by atoms with Crippen molar-refractivity contribution < 1.29 is 9.53 Å². The van der Waals surface area contributed by atoms with Crippen molar-refractivity contribution in [1.82, 2.24) is 5.32 Å². The predicted octanol–water partition coefficient (Wildman–Crippen LogP) is 4.46. The second-order valence-electron chi connectivity index (χ2n) is 5.79. The van der Waals surface area contributed by atoms with Gasteiger partial charge >= 0.3 is 0 Å². The van der Waals surface area contributed by atoms with Crippen molar-refractivity contribution in [2.24, 2.45) is 0 Å². The van der Waals surface area contributed by atoms with Gasteiger partial charge in [0.25, 0.3) is 5.91 Å². The van der Waals surface area contributed by atoms with Crippen LogP contribution in [0.4, 0.5) is 0 Å². The molecule has 3 rings (SSSR count). The minimum Gasteiger partial charge on any atom is -0.496 e. The molecule has 2 aromatic rings. The summed E-state index contributed by atoms with van der Waals surface area (Å²) in [5, 5.41) is 3.87. The third-order valence-corrected chi connectivity index (χ3v) is 4.86. The molecule has 0 bridgehead atoms. The minimum absolute atomic E-state index is 0.0483. The monoisotopic (exact) mass is 349 g/mol. The number of hydrogen-bond acceptors (Lipinski definition) is 2. The highest BCUT2D eigenvalue weighted by Gasteiger charge is 2.46. The summed E-state index contributed by atoms with van der Waals surface area (Å²) in [6.07, 6.45) is 2.05. The molecule has 3 nitrogen and oxygen atoms in total. The summed E-state index contributed by atoms with van der Waals surface area (Å²) in [5.41, 5.74) is 1.49. The maximum Gasteiger partial charge on any atom is 0.252 e. The van der Waals surface area contributed by atoms with Gasteiger partial charge in [0.2, 0.25) is 0 Å². The van der Waals surface area contributed by atoms with E-state index in [4.69, 9.17) is 27.9 Å². The van der Waals surface area contributed by atoms with Crippen molar-refractivity contribution >= 4 is 29.1 Å². The molecule has 0 saturated heterocycles. The SMILES string of the molecule is COc1ccccc1C1(CNC(=O)c2cc(Cl)ccc2Cl)CC1. The molecule has 1 aliphatic carbocycles. The molecule has 2 aromatic carbocycles. The first-order chi connectivity index (χ1) is 11.1. The molecule has 0 unspecified atom stereocenters. The molecule has 0 heterocycles. The van der Waals surface area contributed by atoms with E-state index >= 15 is 0 Å². The van der Waals surface area contributed by atoms with Crippen LogP contribution >= 0.6 is 23.2 Å². The van der Waals surface area contributed by atoms with E-state index in [9.17, 15) is 4.79 Å². The fraction of sp³-hybridized carbons (Fsp3) is 0.278. The molecule has 0 atom stereocenters. The van der Waals surface area contributed by atoms with Gasteiger partial charge in [-0.2, -0.15) is 0 Å². The Hall–Kier alpha value is -1.71. The number of methoxy groups -OCH3 is 1. The van der Waals surface area contributed by atoms with Crippen molar-refractivity contribution in [3.8, 4) is 5.75 Å². The lowest BCUT2D eigenvalue weighted by atomic mass is 9.94. The first kappa shape index (κ1) is 16.2. The van der Waals surface area contributed by atoms with Gasteiger partial charge in [-0.15, -0.1) is 0 Å². The molecule has 5 heteroatoms. The Labute approximate surface area is 145 Å². The van der Waals surface area contributed by atoms with E-state index < -0.39 is 0 Å². The van der Waals surface area contributed by atoms with Gasteiger partial charge in [0.15, 0.2) is 0 Å². The van der Waals surface area contributed by atoms with Crippen LogP contribution in [0.3, 0.4) is 0 Å². The molecule has 0 aliphatic heterocycles. The Kier molecular flexibility index (Phi) is 4.51. The van der Waals surface area contributed by atoms with E-state index in [1.807, 2.05) is 18.2 Å². The van der Waals surface area contributed by atoms with Crippen LogP contribution in [0.1, 0.15) is 28.8 Å². The van der Waals surface area contributed by atoms with Gasteiger partial charge in [0.05, 0.1) is 17.7 Å². The van der Waals surface area contributed by atoms with E-state index in [2.05, 4.69) is 11.4 Å². The quantitative estimate of drug-likeness (QED) is 0.864. The van der Waals surface area contributed by atoms with Gasteiger partial charge < -0.3 is 10.1 Å². The molecule has 1 amide bonds. The zero-order valence-electron chi connectivity index (χ0n) is 12.7. The maximum atomic E-state index is 12.4. The largest absolute Gasteiger partial charge is 0.496 e. The van der Waals surface area contributed by atoms with Crippen molar-refractivity contribution in [2.75, 3.05) is 13.7 Å². The van der Waals surface area contributed by atoms with Crippen molar-refractivity contribution in [3.05, 3.63) is 63.6 Å². The average molecular weight is 350 g/mol. The molecule has 120 valence electrons. The highest BCUT2D eigenvalue weighted by Crippen LogP contribution is 2.50. The summed E-state index contributed by atoms with van der Waals surface area (Å²) in [6, 6.07) is 12.8. The average Bonchev–Trinajstić information content (AvgIpc) is 3.36. The van der Waals surface area contributed by atoms with Crippen LogP contribution in [0.2, 0.25) is 10.0 Å². The summed E-state index contributed by atoms with van der Waals surface area (Å²) in [6.45, 7) is 0.551. The smallest absolute Gasteiger partial charge is 0.252 e. The molecule has 0 aromatic heterocycles. The number of rotatable bonds is 5. The normalized spacial score (nSPS) is 15.1. The van der Waals surface area contributed by atoms with Crippen LogP contribution < -0.4 is 10.1 Å². The van der Waals surface area contributed by atoms with Crippen LogP contribution in [0.5, 0.6) is 5.75 Å². The second kappa shape index (κ2) is 6.42. The van der Waals surface area contributed by atoms with Crippen molar-refractivity contribution in [2.45, 2.75) is 18.3 Å². The van der Waals surface area contributed by atoms with Gasteiger partial charge in [-0.1, -0.05) is 41.4 Å². The van der Waals surface area contributed by atoms with Crippen LogP contribution in [0.15, 0.2) is 42.5 Å². The molecule has 0 spiro atoms. The van der Waals surface area contributed by atoms with E-state index in [1.54, 1.807) is 25.3 Å². The zero-order valence-corrected chi connectivity index (χ0v) is 14.2. The van der Waals surface area contributed by atoms with E-state index in [0.717, 1.165) is 24.2 Å². The summed E-state index contributed by atoms with van der Waals surface area (Å²) in [5.74, 6) is 0.652. The van der Waals surface area contributed by atoms with Gasteiger partial charge in [0.1, 0.15) is 5.75 Å². The molecular weight excluding hydrogens is 333 g/mol. The lowest BCUT2D eigenvalue weighted by Gasteiger charge is -2.19. The number of carbonyl (C=O) groups is 1. The Morgan fingerprint density at radius 3 is 2.65 bits per heavy atom. The van der Waals surface area contributed by atoms with E-state index in [0.29, 0.717) is 22.2 Å². The maximum absolute atomic E-state index is 12.4. The predicted molar refractivity (Wildman–Crippen MR) is 92.7 cm³/mol. The number of ether oxygens (including phenoxy) is 1. The standard InChI is InChI=1S/C18H17Cl2NO2/c1-23-16-5-3-2-4-14(16)18(8-9-18)11-21-17(22)13-10-12(19)6-7-15(13)20/h2-7,10H,8-9,11H2,1H3,(H,21,22). The van der Waals surface area contributed by atoms with Crippen LogP contribution in [-0.4, -0.2) is 19.6 Å². The summed E-state index contributed by atoms with van der Waals surface area (Å²) in [7, 11) is 1.67. The Bertz CT molecular complexity index is 742. The van der Waals surface area contributed by atoms with Gasteiger partial charge in [-0.25, -0.2) is 0 Å². The lowest BCUT2D eigenvalue weighted by Crippen LogP contribution is -2.32. The summed E-state index contributed by atoms with van der Waals surface area (Å²) < 4.78 is 5.45. The van der Waals surface area contributed by atoms with Gasteiger partial charge in [-0.3, -0.25) is 4.79 Å². The molecule has 1 saturated carbocycles.